The third-order valence-electron chi connectivity index (χ3n) is 4.96. The second kappa shape index (κ2) is 9.25. The molecule has 2 atom stereocenters. The van der Waals surface area contributed by atoms with Crippen molar-refractivity contribution in [2.24, 2.45) is 5.92 Å². The molecule has 0 spiro atoms. The molecule has 3 rings (SSSR count). The van der Waals surface area contributed by atoms with E-state index in [1.165, 1.54) is 11.1 Å². The molecule has 2 amide bonds. The van der Waals surface area contributed by atoms with E-state index in [-0.39, 0.29) is 18.9 Å². The van der Waals surface area contributed by atoms with Crippen molar-refractivity contribution in [2.45, 2.75) is 45.4 Å². The van der Waals surface area contributed by atoms with Crippen molar-refractivity contribution in [2.75, 3.05) is 12.0 Å². The lowest BCUT2D eigenvalue weighted by molar-refractivity contribution is -0.153. The summed E-state index contributed by atoms with van der Waals surface area (Å²) in [4.78, 5) is 41.8. The largest absolute Gasteiger partial charge is 0.497 e. The number of nitrogens with one attached hydrogen (secondary N) is 1. The molecule has 1 aromatic carbocycles. The lowest BCUT2D eigenvalue weighted by atomic mass is 9.85. The van der Waals surface area contributed by atoms with Crippen molar-refractivity contribution < 1.29 is 29.0 Å². The highest BCUT2D eigenvalue weighted by atomic mass is 16.6. The lowest BCUT2D eigenvalue weighted by Crippen LogP contribution is -2.62. The smallest absolute Gasteiger partial charge is 0.416 e. The van der Waals surface area contributed by atoms with Crippen LogP contribution in [-0.2, 0) is 27.3 Å². The van der Waals surface area contributed by atoms with Gasteiger partial charge in [-0.2, -0.15) is 0 Å². The maximum Gasteiger partial charge on any atom is 0.416 e. The molecule has 2 heterocycles. The van der Waals surface area contributed by atoms with Crippen LogP contribution in [0.2, 0.25) is 0 Å². The quantitative estimate of drug-likeness (QED) is 0.634. The van der Waals surface area contributed by atoms with Crippen molar-refractivity contribution in [1.82, 2.24) is 10.3 Å². The molecule has 170 valence electrons. The molecule has 32 heavy (non-hydrogen) atoms. The minimum Gasteiger partial charge on any atom is -0.497 e. The van der Waals surface area contributed by atoms with Gasteiger partial charge in [-0.3, -0.25) is 9.69 Å². The van der Waals surface area contributed by atoms with Crippen molar-refractivity contribution >= 4 is 23.8 Å². The lowest BCUT2D eigenvalue weighted by Gasteiger charge is -2.33. The zero-order chi connectivity index (χ0) is 23.5. The number of carbonyl (C=O) groups is 3. The van der Waals surface area contributed by atoms with Gasteiger partial charge in [0.1, 0.15) is 23.2 Å². The highest BCUT2D eigenvalue weighted by Crippen LogP contribution is 2.25. The number of ether oxygens (including phenoxy) is 2. The molecule has 9 nitrogen and oxygen atoms in total. The first kappa shape index (κ1) is 23.1. The Morgan fingerprint density at radius 3 is 2.41 bits per heavy atom. The normalized spacial score (nSPS) is 17.7. The minimum absolute atomic E-state index is 0.205. The predicted molar refractivity (Wildman–Crippen MR) is 116 cm³/mol. The Kier molecular flexibility index (Phi) is 6.67. The summed E-state index contributed by atoms with van der Waals surface area (Å²) in [5.74, 6) is -1.00. The van der Waals surface area contributed by atoms with Crippen LogP contribution in [0.5, 0.6) is 5.75 Å². The van der Waals surface area contributed by atoms with Gasteiger partial charge in [0.15, 0.2) is 0 Å². The average molecular weight is 441 g/mol. The number of amides is 2. The first-order chi connectivity index (χ1) is 15.1. The van der Waals surface area contributed by atoms with Gasteiger partial charge in [-0.1, -0.05) is 12.1 Å². The van der Waals surface area contributed by atoms with Gasteiger partial charge in [0.05, 0.1) is 19.6 Å². The number of nitrogens with zero attached hydrogens (tertiary/aromatic N) is 2. The zero-order valence-corrected chi connectivity index (χ0v) is 18.5. The number of aliphatic carboxylic acids is 1. The van der Waals surface area contributed by atoms with Crippen LogP contribution >= 0.6 is 0 Å². The molecule has 0 aliphatic carbocycles. The molecule has 0 radical (unpaired) electrons. The summed E-state index contributed by atoms with van der Waals surface area (Å²) in [7, 11) is 1.58. The van der Waals surface area contributed by atoms with Crippen molar-refractivity contribution in [3.05, 3.63) is 53.7 Å². The van der Waals surface area contributed by atoms with Gasteiger partial charge in [-0.05, 0) is 62.6 Å². The Labute approximate surface area is 186 Å². The first-order valence-corrected chi connectivity index (χ1v) is 10.2. The SMILES string of the molecule is COc1ccc(CN(C(=O)OC(C)(C)C)c2cc(C[C@H]3C(=O)N[C@@H]3C(=O)O)ccn2)cc1. The van der Waals surface area contributed by atoms with Gasteiger partial charge in [-0.25, -0.2) is 14.6 Å². The van der Waals surface area contributed by atoms with Crippen LogP contribution in [0.1, 0.15) is 31.9 Å². The van der Waals surface area contributed by atoms with Crippen LogP contribution in [0, 0.1) is 5.92 Å². The predicted octanol–water partition coefficient (Wildman–Crippen LogP) is 2.77. The number of hydrogen-bond acceptors (Lipinski definition) is 6. The standard InChI is InChI=1S/C23H27N3O6/c1-23(2,3)32-22(30)26(13-14-5-7-16(31-4)8-6-14)18-12-15(9-10-24-18)11-17-19(21(28)29)25-20(17)27/h5-10,12,17,19H,11,13H2,1-4H3,(H,25,27)(H,28,29)/t17-,19+/m1/s1. The summed E-state index contributed by atoms with van der Waals surface area (Å²) >= 11 is 0. The van der Waals surface area contributed by atoms with Crippen LogP contribution in [-0.4, -0.2) is 46.8 Å². The van der Waals surface area contributed by atoms with E-state index in [0.29, 0.717) is 17.1 Å². The van der Waals surface area contributed by atoms with Crippen molar-refractivity contribution in [3.63, 3.8) is 0 Å². The van der Waals surface area contributed by atoms with E-state index < -0.39 is 29.6 Å². The number of anilines is 1. The highest BCUT2D eigenvalue weighted by Gasteiger charge is 2.44. The number of benzene rings is 1. The Morgan fingerprint density at radius 1 is 1.16 bits per heavy atom. The van der Waals surface area contributed by atoms with Crippen LogP contribution in [0.25, 0.3) is 0 Å². The number of methoxy groups -OCH3 is 1. The Morgan fingerprint density at radius 2 is 1.84 bits per heavy atom. The van der Waals surface area contributed by atoms with E-state index in [1.54, 1.807) is 52.1 Å². The topological polar surface area (TPSA) is 118 Å². The highest BCUT2D eigenvalue weighted by molar-refractivity contribution is 5.96. The maximum absolute atomic E-state index is 13.0. The molecule has 1 aliphatic rings. The molecular formula is C23H27N3O6. The van der Waals surface area contributed by atoms with Crippen LogP contribution in [0.4, 0.5) is 10.6 Å². The molecule has 1 aliphatic heterocycles. The summed E-state index contributed by atoms with van der Waals surface area (Å²) in [5, 5.41) is 11.6. The average Bonchev–Trinajstić information content (AvgIpc) is 2.73. The maximum atomic E-state index is 13.0. The third-order valence-corrected chi connectivity index (χ3v) is 4.96. The van der Waals surface area contributed by atoms with E-state index in [9.17, 15) is 19.5 Å². The number of pyridine rings is 1. The van der Waals surface area contributed by atoms with Crippen molar-refractivity contribution in [1.29, 1.82) is 0 Å². The molecule has 2 aromatic rings. The molecule has 2 N–H and O–H groups in total. The van der Waals surface area contributed by atoms with Gasteiger partial charge in [-0.15, -0.1) is 0 Å². The molecule has 0 saturated carbocycles. The van der Waals surface area contributed by atoms with E-state index in [1.807, 2.05) is 12.1 Å². The Bertz CT molecular complexity index is 1000. The number of carboxylic acid groups (broad SMARTS) is 1. The molecule has 1 aromatic heterocycles. The van der Waals surface area contributed by atoms with E-state index in [2.05, 4.69) is 10.3 Å². The minimum atomic E-state index is -1.07. The molecule has 9 heteroatoms. The summed E-state index contributed by atoms with van der Waals surface area (Å²) < 4.78 is 10.8. The molecule has 0 bridgehead atoms. The van der Waals surface area contributed by atoms with E-state index >= 15 is 0 Å². The second-order valence-corrected chi connectivity index (χ2v) is 8.57. The molecule has 1 fully saturated rings. The van der Waals surface area contributed by atoms with Gasteiger partial charge < -0.3 is 19.9 Å². The van der Waals surface area contributed by atoms with Crippen molar-refractivity contribution in [3.8, 4) is 5.75 Å². The van der Waals surface area contributed by atoms with Gasteiger partial charge >= 0.3 is 12.1 Å². The molecule has 1 saturated heterocycles. The fourth-order valence-corrected chi connectivity index (χ4v) is 3.32. The summed E-state index contributed by atoms with van der Waals surface area (Å²) in [6.07, 6.45) is 1.19. The van der Waals surface area contributed by atoms with Crippen LogP contribution in [0.3, 0.4) is 0 Å². The second-order valence-electron chi connectivity index (χ2n) is 8.57. The fourth-order valence-electron chi connectivity index (χ4n) is 3.32. The van der Waals surface area contributed by atoms with Crippen LogP contribution in [0.15, 0.2) is 42.6 Å². The first-order valence-electron chi connectivity index (χ1n) is 10.2. The number of aromatic nitrogens is 1. The van der Waals surface area contributed by atoms with E-state index in [0.717, 1.165) is 5.56 Å². The number of rotatable bonds is 7. The molecule has 0 unspecified atom stereocenters. The fraction of sp³-hybridized carbons (Fsp3) is 0.391. The number of carbonyl (C=O) groups excluding carboxylic acids is 2. The van der Waals surface area contributed by atoms with Gasteiger partial charge in [0.25, 0.3) is 0 Å². The monoisotopic (exact) mass is 441 g/mol. The number of β-lactam (4-membered cyclic amide) rings is 1. The number of hydrogen-bond donors (Lipinski definition) is 2. The summed E-state index contributed by atoms with van der Waals surface area (Å²) in [6.45, 7) is 5.54. The van der Waals surface area contributed by atoms with Gasteiger partial charge in [0.2, 0.25) is 5.91 Å². The summed E-state index contributed by atoms with van der Waals surface area (Å²) in [6, 6.07) is 9.75. The third kappa shape index (κ3) is 5.54. The summed E-state index contributed by atoms with van der Waals surface area (Å²) in [5.41, 5.74) is 0.837. The number of carboxylic acids is 1. The van der Waals surface area contributed by atoms with Gasteiger partial charge in [0, 0.05) is 6.20 Å². The molecular weight excluding hydrogens is 414 g/mol. The van der Waals surface area contributed by atoms with E-state index in [4.69, 9.17) is 9.47 Å². The Hall–Kier alpha value is -3.62. The van der Waals surface area contributed by atoms with Crippen LogP contribution < -0.4 is 15.0 Å². The Balaban J connectivity index is 1.86. The zero-order valence-electron chi connectivity index (χ0n) is 18.5.